The first-order chi connectivity index (χ1) is 13.9. The van der Waals surface area contributed by atoms with Crippen LogP contribution >= 0.6 is 0 Å². The number of carbonyl (C=O) groups excluding carboxylic acids is 1. The summed E-state index contributed by atoms with van der Waals surface area (Å²) in [5.74, 6) is 0.633. The number of ketones is 1. The number of hydrogen-bond donors (Lipinski definition) is 0. The minimum Gasteiger partial charge on any atom is -0.289 e. The van der Waals surface area contributed by atoms with Crippen molar-refractivity contribution in [2.24, 2.45) is 11.3 Å². The predicted octanol–water partition coefficient (Wildman–Crippen LogP) is 7.29. The Morgan fingerprint density at radius 2 is 1.14 bits per heavy atom. The molecule has 1 aliphatic rings. The van der Waals surface area contributed by atoms with Gasteiger partial charge in [0, 0.05) is 11.1 Å². The van der Waals surface area contributed by atoms with E-state index in [1.54, 1.807) is 0 Å². The second-order valence-corrected chi connectivity index (χ2v) is 8.72. The van der Waals surface area contributed by atoms with Crippen LogP contribution in [0, 0.1) is 11.3 Å². The van der Waals surface area contributed by atoms with Crippen molar-refractivity contribution in [2.75, 3.05) is 0 Å². The van der Waals surface area contributed by atoms with Gasteiger partial charge in [-0.1, -0.05) is 118 Å². The maximum absolute atomic E-state index is 13.1. The minimum atomic E-state index is 0.158. The number of benzene rings is 2. The van der Waals surface area contributed by atoms with Crippen LogP contribution in [0.1, 0.15) is 44.7 Å². The number of allylic oxidation sites excluding steroid dienone is 6. The van der Waals surface area contributed by atoms with E-state index in [9.17, 15) is 4.79 Å². The molecule has 1 nitrogen and oxygen atoms in total. The molecule has 3 rings (SSSR count). The van der Waals surface area contributed by atoms with Crippen LogP contribution in [0.2, 0.25) is 0 Å². The number of carbonyl (C=O) groups is 1. The maximum Gasteiger partial charge on any atom is 0.185 e. The number of Topliss-reactive ketones (excluding diaryl/α,β-unsaturated/α-hetero) is 1. The summed E-state index contributed by atoms with van der Waals surface area (Å²) in [5.41, 5.74) is 4.25. The van der Waals surface area contributed by atoms with Gasteiger partial charge in [0.05, 0.1) is 0 Å². The van der Waals surface area contributed by atoms with Crippen molar-refractivity contribution in [3.05, 3.63) is 107 Å². The van der Waals surface area contributed by atoms with Crippen LogP contribution in [0.5, 0.6) is 0 Å². The van der Waals surface area contributed by atoms with Crippen LogP contribution in [0.15, 0.2) is 96.1 Å². The Labute approximate surface area is 175 Å². The second kappa shape index (κ2) is 9.52. The van der Waals surface area contributed by atoms with Gasteiger partial charge in [0.1, 0.15) is 0 Å². The van der Waals surface area contributed by atoms with E-state index in [-0.39, 0.29) is 11.2 Å². The Kier molecular flexibility index (Phi) is 6.82. The Hall–Kier alpha value is -2.93. The van der Waals surface area contributed by atoms with Crippen molar-refractivity contribution in [1.82, 2.24) is 0 Å². The van der Waals surface area contributed by atoms with Crippen molar-refractivity contribution in [1.29, 1.82) is 0 Å². The first-order valence-electron chi connectivity index (χ1n) is 10.3. The van der Waals surface area contributed by atoms with Gasteiger partial charge in [0.25, 0.3) is 0 Å². The molecule has 0 radical (unpaired) electrons. The number of rotatable bonds is 4. The van der Waals surface area contributed by atoms with Crippen LogP contribution in [0.3, 0.4) is 0 Å². The van der Waals surface area contributed by atoms with Gasteiger partial charge in [-0.3, -0.25) is 4.79 Å². The average molecular weight is 383 g/mol. The summed E-state index contributed by atoms with van der Waals surface area (Å²) < 4.78 is 0. The van der Waals surface area contributed by atoms with Gasteiger partial charge >= 0.3 is 0 Å². The fraction of sp³-hybridized carbons (Fsp3) is 0.250. The van der Waals surface area contributed by atoms with E-state index in [1.165, 1.54) is 0 Å². The van der Waals surface area contributed by atoms with Gasteiger partial charge < -0.3 is 0 Å². The van der Waals surface area contributed by atoms with E-state index in [2.05, 4.69) is 57.2 Å². The van der Waals surface area contributed by atoms with Crippen LogP contribution < -0.4 is 0 Å². The largest absolute Gasteiger partial charge is 0.289 e. The second-order valence-electron chi connectivity index (χ2n) is 8.72. The third-order valence-electron chi connectivity index (χ3n) is 5.51. The van der Waals surface area contributed by atoms with Crippen molar-refractivity contribution < 1.29 is 4.79 Å². The third kappa shape index (κ3) is 6.02. The molecule has 0 saturated heterocycles. The van der Waals surface area contributed by atoms with Crippen molar-refractivity contribution in [2.45, 2.75) is 33.6 Å². The maximum atomic E-state index is 13.1. The van der Waals surface area contributed by atoms with Crippen LogP contribution in [0.25, 0.3) is 12.2 Å². The molecule has 1 saturated carbocycles. The summed E-state index contributed by atoms with van der Waals surface area (Å²) in [7, 11) is 0. The van der Waals surface area contributed by atoms with Gasteiger partial charge in [-0.15, -0.1) is 0 Å². The van der Waals surface area contributed by atoms with Crippen LogP contribution in [-0.4, -0.2) is 5.78 Å². The van der Waals surface area contributed by atoms with Crippen LogP contribution in [-0.2, 0) is 4.79 Å². The number of hydrogen-bond acceptors (Lipinski definition) is 1. The van der Waals surface area contributed by atoms with Gasteiger partial charge in [-0.2, -0.15) is 0 Å². The van der Waals surface area contributed by atoms with Crippen molar-refractivity contribution in [3.63, 3.8) is 0 Å². The quantitative estimate of drug-likeness (QED) is 0.507. The Bertz CT molecular complexity index is 863. The van der Waals surface area contributed by atoms with Crippen molar-refractivity contribution >= 4 is 17.9 Å². The molecule has 1 fully saturated rings. The van der Waals surface area contributed by atoms with E-state index < -0.39 is 0 Å². The van der Waals surface area contributed by atoms with E-state index in [0.717, 1.165) is 35.1 Å². The van der Waals surface area contributed by atoms with Crippen LogP contribution in [0.4, 0.5) is 0 Å². The molecular formula is C28H30O. The summed E-state index contributed by atoms with van der Waals surface area (Å²) in [6.45, 7) is 6.80. The summed E-state index contributed by atoms with van der Waals surface area (Å²) in [5, 5.41) is 0. The summed E-state index contributed by atoms with van der Waals surface area (Å²) in [4.78, 5) is 13.1. The highest BCUT2D eigenvalue weighted by Crippen LogP contribution is 2.40. The van der Waals surface area contributed by atoms with E-state index in [4.69, 9.17) is 0 Å². The smallest absolute Gasteiger partial charge is 0.185 e. The zero-order valence-electron chi connectivity index (χ0n) is 17.6. The lowest BCUT2D eigenvalue weighted by atomic mass is 9.69. The monoisotopic (exact) mass is 382 g/mol. The fourth-order valence-corrected chi connectivity index (χ4v) is 3.57. The van der Waals surface area contributed by atoms with E-state index in [0.29, 0.717) is 5.92 Å². The van der Waals surface area contributed by atoms with E-state index >= 15 is 0 Å². The third-order valence-corrected chi connectivity index (χ3v) is 5.51. The molecule has 1 heteroatoms. The van der Waals surface area contributed by atoms with Crippen molar-refractivity contribution in [3.8, 4) is 0 Å². The molecule has 0 spiro atoms. The first kappa shape index (κ1) is 20.8. The molecule has 0 N–H and O–H groups in total. The summed E-state index contributed by atoms with van der Waals surface area (Å²) in [6.07, 6.45) is 13.8. The van der Waals surface area contributed by atoms with Gasteiger partial charge in [-0.05, 0) is 35.3 Å². The molecular weight excluding hydrogens is 352 g/mol. The van der Waals surface area contributed by atoms with Gasteiger partial charge in [0.15, 0.2) is 5.78 Å². The molecule has 0 bridgehead atoms. The SMILES string of the molecule is CC(C)(C)C1CC(=CC=Cc2ccccc2)C(=O)C(=CC=Cc2ccccc2)C1. The highest BCUT2D eigenvalue weighted by molar-refractivity contribution is 6.09. The fourth-order valence-electron chi connectivity index (χ4n) is 3.57. The highest BCUT2D eigenvalue weighted by Gasteiger charge is 2.33. The standard InChI is InChI=1S/C28H30O/c1-28(2,3)26-20-24(18-10-16-22-12-6-4-7-13-22)27(29)25(21-26)19-11-17-23-14-8-5-9-15-23/h4-19,26H,20-21H2,1-3H3. The normalized spacial score (nSPS) is 20.9. The molecule has 0 unspecified atom stereocenters. The molecule has 0 aliphatic heterocycles. The minimum absolute atomic E-state index is 0.158. The lowest BCUT2D eigenvalue weighted by Crippen LogP contribution is -2.29. The predicted molar refractivity (Wildman–Crippen MR) is 124 cm³/mol. The molecule has 0 atom stereocenters. The first-order valence-corrected chi connectivity index (χ1v) is 10.3. The molecule has 2 aromatic rings. The highest BCUT2D eigenvalue weighted by atomic mass is 16.1. The summed E-state index contributed by atoms with van der Waals surface area (Å²) >= 11 is 0. The molecule has 0 aromatic heterocycles. The molecule has 1 aliphatic carbocycles. The average Bonchev–Trinajstić information content (AvgIpc) is 2.71. The zero-order valence-corrected chi connectivity index (χ0v) is 17.6. The van der Waals surface area contributed by atoms with Gasteiger partial charge in [-0.25, -0.2) is 0 Å². The molecule has 148 valence electrons. The Balaban J connectivity index is 1.83. The molecule has 2 aromatic carbocycles. The Morgan fingerprint density at radius 3 is 1.52 bits per heavy atom. The Morgan fingerprint density at radius 1 is 0.724 bits per heavy atom. The lowest BCUT2D eigenvalue weighted by Gasteiger charge is -2.35. The molecule has 0 amide bonds. The lowest BCUT2D eigenvalue weighted by molar-refractivity contribution is -0.113. The molecule has 29 heavy (non-hydrogen) atoms. The van der Waals surface area contributed by atoms with E-state index in [1.807, 2.05) is 60.7 Å². The topological polar surface area (TPSA) is 17.1 Å². The van der Waals surface area contributed by atoms with Gasteiger partial charge in [0.2, 0.25) is 0 Å². The summed E-state index contributed by atoms with van der Waals surface area (Å²) in [6, 6.07) is 20.4. The zero-order chi connectivity index (χ0) is 20.7. The molecule has 0 heterocycles.